The van der Waals surface area contributed by atoms with Crippen molar-refractivity contribution in [3.8, 4) is 0 Å². The highest BCUT2D eigenvalue weighted by molar-refractivity contribution is 8.00. The number of rotatable bonds is 6. The van der Waals surface area contributed by atoms with Crippen LogP contribution in [0.1, 0.15) is 32.1 Å². The van der Waals surface area contributed by atoms with Crippen LogP contribution in [0.5, 0.6) is 0 Å². The Bertz CT molecular complexity index is 366. The number of amides is 2. The monoisotopic (exact) mass is 328 g/mol. The number of aliphatic carboxylic acids is 1. The molecule has 1 aliphatic heterocycles. The third-order valence-electron chi connectivity index (χ3n) is 3.22. The van der Waals surface area contributed by atoms with Crippen molar-refractivity contribution in [2.24, 2.45) is 0 Å². The second kappa shape index (κ2) is 8.35. The van der Waals surface area contributed by atoms with Crippen molar-refractivity contribution in [3.63, 3.8) is 0 Å². The van der Waals surface area contributed by atoms with Gasteiger partial charge < -0.3 is 15.3 Å². The summed E-state index contributed by atoms with van der Waals surface area (Å²) in [6, 6.07) is -0.557. The number of hydrogen-bond donors (Lipinski definition) is 2. The minimum atomic E-state index is -4.29. The Morgan fingerprint density at radius 2 is 2.05 bits per heavy atom. The van der Waals surface area contributed by atoms with E-state index in [4.69, 9.17) is 5.11 Å². The molecule has 0 aromatic carbocycles. The summed E-state index contributed by atoms with van der Waals surface area (Å²) in [7, 11) is 0. The molecule has 0 radical (unpaired) electrons. The lowest BCUT2D eigenvalue weighted by molar-refractivity contribution is -0.137. The highest BCUT2D eigenvalue weighted by Crippen LogP contribution is 2.29. The zero-order valence-electron chi connectivity index (χ0n) is 11.5. The summed E-state index contributed by atoms with van der Waals surface area (Å²) in [6.07, 6.45) is 2.85. The van der Waals surface area contributed by atoms with E-state index in [1.165, 1.54) is 0 Å². The zero-order chi connectivity index (χ0) is 15.9. The topological polar surface area (TPSA) is 69.6 Å². The molecule has 0 aromatic heterocycles. The number of carbonyl (C=O) groups is 2. The Labute approximate surface area is 125 Å². The molecule has 0 aromatic rings. The number of hydrogen-bond acceptors (Lipinski definition) is 3. The highest BCUT2D eigenvalue weighted by Gasteiger charge is 2.29. The first-order chi connectivity index (χ1) is 9.79. The first-order valence-corrected chi connectivity index (χ1v) is 7.75. The average molecular weight is 328 g/mol. The maximum Gasteiger partial charge on any atom is 0.441 e. The van der Waals surface area contributed by atoms with Gasteiger partial charge in [0.15, 0.2) is 0 Å². The van der Waals surface area contributed by atoms with E-state index in [1.54, 1.807) is 4.90 Å². The summed E-state index contributed by atoms with van der Waals surface area (Å²) in [6.45, 7) is 0.452. The van der Waals surface area contributed by atoms with Gasteiger partial charge in [-0.1, -0.05) is 0 Å². The number of urea groups is 1. The number of halogens is 3. The number of piperidine rings is 1. The van der Waals surface area contributed by atoms with E-state index >= 15 is 0 Å². The van der Waals surface area contributed by atoms with Gasteiger partial charge in [0.2, 0.25) is 0 Å². The number of carbonyl (C=O) groups excluding carboxylic acids is 1. The average Bonchev–Trinajstić information content (AvgIpc) is 2.40. The standard InChI is InChI=1S/C12H19F3N2O3S/c13-12(14,15)21-8-6-16-11(20)17-7-2-1-3-9(17)4-5-10(18)19/h9H,1-8H2,(H,16,20)(H,18,19). The second-order valence-corrected chi connectivity index (χ2v) is 5.96. The predicted molar refractivity (Wildman–Crippen MR) is 73.1 cm³/mol. The Hall–Kier alpha value is -1.12. The molecule has 122 valence electrons. The van der Waals surface area contributed by atoms with Gasteiger partial charge >= 0.3 is 17.5 Å². The van der Waals surface area contributed by atoms with Gasteiger partial charge in [0.1, 0.15) is 0 Å². The molecule has 0 bridgehead atoms. The van der Waals surface area contributed by atoms with Gasteiger partial charge in [-0.15, -0.1) is 0 Å². The van der Waals surface area contributed by atoms with E-state index in [0.29, 0.717) is 13.0 Å². The quantitative estimate of drug-likeness (QED) is 0.736. The first kappa shape index (κ1) is 17.9. The summed E-state index contributed by atoms with van der Waals surface area (Å²) in [5.41, 5.74) is -4.29. The van der Waals surface area contributed by atoms with Gasteiger partial charge in [-0.3, -0.25) is 4.79 Å². The van der Waals surface area contributed by atoms with Crippen LogP contribution < -0.4 is 5.32 Å². The SMILES string of the molecule is O=C(O)CCC1CCCCN1C(=O)NCCSC(F)(F)F. The maximum absolute atomic E-state index is 12.0. The van der Waals surface area contributed by atoms with E-state index in [1.807, 2.05) is 0 Å². The van der Waals surface area contributed by atoms with Crippen molar-refractivity contribution < 1.29 is 27.9 Å². The van der Waals surface area contributed by atoms with Crippen LogP contribution in [0.4, 0.5) is 18.0 Å². The lowest BCUT2D eigenvalue weighted by Gasteiger charge is -2.35. The molecule has 1 aliphatic rings. The minimum Gasteiger partial charge on any atom is -0.481 e. The van der Waals surface area contributed by atoms with E-state index in [0.717, 1.165) is 19.3 Å². The van der Waals surface area contributed by atoms with Crippen LogP contribution in [0.15, 0.2) is 0 Å². The van der Waals surface area contributed by atoms with Crippen LogP contribution in [-0.2, 0) is 4.79 Å². The molecule has 2 amide bonds. The van der Waals surface area contributed by atoms with Crippen molar-refractivity contribution >= 4 is 23.8 Å². The van der Waals surface area contributed by atoms with E-state index in [2.05, 4.69) is 5.32 Å². The number of carboxylic acids is 1. The smallest absolute Gasteiger partial charge is 0.441 e. The Morgan fingerprint density at radius 1 is 1.33 bits per heavy atom. The molecule has 1 fully saturated rings. The van der Waals surface area contributed by atoms with Crippen molar-refractivity contribution in [2.75, 3.05) is 18.8 Å². The fourth-order valence-corrected chi connectivity index (χ4v) is 2.72. The molecule has 0 aliphatic carbocycles. The van der Waals surface area contributed by atoms with Crippen molar-refractivity contribution in [1.82, 2.24) is 10.2 Å². The van der Waals surface area contributed by atoms with Gasteiger partial charge in [0.05, 0.1) is 0 Å². The molecular weight excluding hydrogens is 309 g/mol. The Morgan fingerprint density at radius 3 is 2.67 bits per heavy atom. The molecule has 0 saturated carbocycles. The summed E-state index contributed by atoms with van der Waals surface area (Å²) in [5, 5.41) is 11.2. The van der Waals surface area contributed by atoms with E-state index < -0.39 is 17.5 Å². The normalized spacial score (nSPS) is 19.4. The lowest BCUT2D eigenvalue weighted by Crippen LogP contribution is -2.49. The van der Waals surface area contributed by atoms with Gasteiger partial charge in [-0.25, -0.2) is 4.79 Å². The summed E-state index contributed by atoms with van der Waals surface area (Å²) in [5.74, 6) is -1.15. The third kappa shape index (κ3) is 7.45. The van der Waals surface area contributed by atoms with Crippen LogP contribution in [0.2, 0.25) is 0 Å². The van der Waals surface area contributed by atoms with Gasteiger partial charge in [-0.2, -0.15) is 13.2 Å². The van der Waals surface area contributed by atoms with Crippen LogP contribution in [0.25, 0.3) is 0 Å². The maximum atomic E-state index is 12.0. The number of nitrogens with zero attached hydrogens (tertiary/aromatic N) is 1. The molecular formula is C12H19F3N2O3S. The zero-order valence-corrected chi connectivity index (χ0v) is 12.3. The molecule has 0 spiro atoms. The van der Waals surface area contributed by atoms with Crippen LogP contribution in [0.3, 0.4) is 0 Å². The Kier molecular flexibility index (Phi) is 7.13. The molecule has 2 N–H and O–H groups in total. The molecule has 1 saturated heterocycles. The first-order valence-electron chi connectivity index (χ1n) is 6.76. The van der Waals surface area contributed by atoms with Crippen LogP contribution >= 0.6 is 11.8 Å². The number of likely N-dealkylation sites (tertiary alicyclic amines) is 1. The van der Waals surface area contributed by atoms with Crippen LogP contribution in [-0.4, -0.2) is 52.4 Å². The number of thioether (sulfide) groups is 1. The van der Waals surface area contributed by atoms with Crippen molar-refractivity contribution in [2.45, 2.75) is 43.7 Å². The largest absolute Gasteiger partial charge is 0.481 e. The van der Waals surface area contributed by atoms with E-state index in [9.17, 15) is 22.8 Å². The van der Waals surface area contributed by atoms with Gasteiger partial charge in [0, 0.05) is 31.3 Å². The molecule has 21 heavy (non-hydrogen) atoms. The Balaban J connectivity index is 2.36. The van der Waals surface area contributed by atoms with Crippen molar-refractivity contribution in [1.29, 1.82) is 0 Å². The number of carboxylic acid groups (broad SMARTS) is 1. The summed E-state index contributed by atoms with van der Waals surface area (Å²) in [4.78, 5) is 24.1. The minimum absolute atomic E-state index is 0.0155. The molecule has 1 rings (SSSR count). The highest BCUT2D eigenvalue weighted by atomic mass is 32.2. The second-order valence-electron chi connectivity index (χ2n) is 4.80. The van der Waals surface area contributed by atoms with Crippen molar-refractivity contribution in [3.05, 3.63) is 0 Å². The summed E-state index contributed by atoms with van der Waals surface area (Å²) < 4.78 is 35.9. The number of nitrogens with one attached hydrogen (secondary N) is 1. The fraction of sp³-hybridized carbons (Fsp3) is 0.833. The molecule has 1 unspecified atom stereocenters. The summed E-state index contributed by atoms with van der Waals surface area (Å²) >= 11 is -0.174. The van der Waals surface area contributed by atoms with Crippen LogP contribution in [0, 0.1) is 0 Å². The van der Waals surface area contributed by atoms with E-state index in [-0.39, 0.29) is 36.5 Å². The number of alkyl halides is 3. The van der Waals surface area contributed by atoms with Gasteiger partial charge in [0.25, 0.3) is 0 Å². The molecule has 9 heteroatoms. The third-order valence-corrected chi connectivity index (χ3v) is 3.96. The molecule has 1 heterocycles. The molecule has 5 nitrogen and oxygen atoms in total. The lowest BCUT2D eigenvalue weighted by atomic mass is 9.98. The van der Waals surface area contributed by atoms with Gasteiger partial charge in [-0.05, 0) is 37.4 Å². The predicted octanol–water partition coefficient (Wildman–Crippen LogP) is 2.67. The molecule has 1 atom stereocenters. The fourth-order valence-electron chi connectivity index (χ4n) is 2.28.